The van der Waals surface area contributed by atoms with E-state index in [1.807, 2.05) is 0 Å². The zero-order valence-electron chi connectivity index (χ0n) is 10.5. The van der Waals surface area contributed by atoms with Crippen LogP contribution in [0.25, 0.3) is 0 Å². The van der Waals surface area contributed by atoms with Crippen LogP contribution in [-0.2, 0) is 9.53 Å². The molecule has 98 valence electrons. The Labute approximate surface area is 105 Å². The number of hydrogen-bond acceptors (Lipinski definition) is 5. The van der Waals surface area contributed by atoms with Gasteiger partial charge in [-0.2, -0.15) is 0 Å². The fourth-order valence-electron chi connectivity index (χ4n) is 1.84. The average Bonchev–Trinajstić information content (AvgIpc) is 2.71. The average molecular weight is 251 g/mol. The monoisotopic (exact) mass is 251 g/mol. The van der Waals surface area contributed by atoms with E-state index in [0.717, 1.165) is 0 Å². The minimum Gasteiger partial charge on any atom is -0.480 e. The van der Waals surface area contributed by atoms with Crippen LogP contribution < -0.4 is 15.8 Å². The largest absolute Gasteiger partial charge is 0.480 e. The summed E-state index contributed by atoms with van der Waals surface area (Å²) in [6.45, 7) is 2.51. The third kappa shape index (κ3) is 2.16. The van der Waals surface area contributed by atoms with Crippen molar-refractivity contribution >= 4 is 11.6 Å². The molecular weight excluding hydrogens is 234 g/mol. The van der Waals surface area contributed by atoms with Crippen molar-refractivity contribution in [3.05, 3.63) is 18.3 Å². The molecule has 2 atom stereocenters. The van der Waals surface area contributed by atoms with E-state index in [2.05, 4.69) is 10.3 Å². The van der Waals surface area contributed by atoms with E-state index in [-0.39, 0.29) is 11.9 Å². The SMILES string of the molecule is COc1ncccc1NC(=O)C1(C)COCC1N. The van der Waals surface area contributed by atoms with E-state index < -0.39 is 5.41 Å². The molecule has 0 saturated carbocycles. The second kappa shape index (κ2) is 4.91. The van der Waals surface area contributed by atoms with Crippen LogP contribution in [0.5, 0.6) is 5.88 Å². The van der Waals surface area contributed by atoms with E-state index in [1.165, 1.54) is 7.11 Å². The number of amides is 1. The third-order valence-corrected chi connectivity index (χ3v) is 3.25. The van der Waals surface area contributed by atoms with Crippen LogP contribution in [-0.4, -0.2) is 37.3 Å². The lowest BCUT2D eigenvalue weighted by Crippen LogP contribution is -2.47. The Morgan fingerprint density at radius 1 is 1.72 bits per heavy atom. The van der Waals surface area contributed by atoms with E-state index >= 15 is 0 Å². The van der Waals surface area contributed by atoms with Gasteiger partial charge in [0.1, 0.15) is 5.69 Å². The summed E-state index contributed by atoms with van der Waals surface area (Å²) in [6.07, 6.45) is 1.60. The highest BCUT2D eigenvalue weighted by Gasteiger charge is 2.44. The molecule has 2 heterocycles. The van der Waals surface area contributed by atoms with Gasteiger partial charge in [0.25, 0.3) is 0 Å². The molecule has 0 aromatic carbocycles. The molecule has 1 amide bonds. The number of aromatic nitrogens is 1. The van der Waals surface area contributed by atoms with Gasteiger partial charge in [-0.25, -0.2) is 4.98 Å². The summed E-state index contributed by atoms with van der Waals surface area (Å²) in [5.41, 5.74) is 5.72. The zero-order chi connectivity index (χ0) is 13.2. The first-order valence-electron chi connectivity index (χ1n) is 5.71. The van der Waals surface area contributed by atoms with Gasteiger partial charge in [0.05, 0.1) is 25.7 Å². The summed E-state index contributed by atoms with van der Waals surface area (Å²) < 4.78 is 10.3. The lowest BCUT2D eigenvalue weighted by atomic mass is 9.85. The third-order valence-electron chi connectivity index (χ3n) is 3.25. The first-order valence-corrected chi connectivity index (χ1v) is 5.71. The van der Waals surface area contributed by atoms with Crippen LogP contribution in [0.1, 0.15) is 6.92 Å². The topological polar surface area (TPSA) is 86.5 Å². The molecule has 2 unspecified atom stereocenters. The number of hydrogen-bond donors (Lipinski definition) is 2. The molecule has 1 fully saturated rings. The van der Waals surface area contributed by atoms with Crippen LogP contribution in [0, 0.1) is 5.41 Å². The van der Waals surface area contributed by atoms with Gasteiger partial charge >= 0.3 is 0 Å². The zero-order valence-corrected chi connectivity index (χ0v) is 10.5. The summed E-state index contributed by atoms with van der Waals surface area (Å²) in [6, 6.07) is 3.15. The second-order valence-electron chi connectivity index (χ2n) is 4.55. The van der Waals surface area contributed by atoms with Crippen molar-refractivity contribution in [2.24, 2.45) is 11.1 Å². The van der Waals surface area contributed by atoms with E-state index in [1.54, 1.807) is 25.3 Å². The molecule has 0 bridgehead atoms. The lowest BCUT2D eigenvalue weighted by Gasteiger charge is -2.25. The maximum Gasteiger partial charge on any atom is 0.237 e. The van der Waals surface area contributed by atoms with Crippen molar-refractivity contribution in [3.63, 3.8) is 0 Å². The number of carbonyl (C=O) groups is 1. The normalized spacial score (nSPS) is 26.9. The molecular formula is C12H17N3O3. The van der Waals surface area contributed by atoms with Crippen molar-refractivity contribution < 1.29 is 14.3 Å². The van der Waals surface area contributed by atoms with Crippen molar-refractivity contribution in [1.82, 2.24) is 4.98 Å². The van der Waals surface area contributed by atoms with Crippen molar-refractivity contribution in [1.29, 1.82) is 0 Å². The van der Waals surface area contributed by atoms with Crippen LogP contribution in [0.2, 0.25) is 0 Å². The number of methoxy groups -OCH3 is 1. The molecule has 1 saturated heterocycles. The maximum absolute atomic E-state index is 12.3. The predicted octanol–water partition coefficient (Wildman–Crippen LogP) is 0.392. The van der Waals surface area contributed by atoms with Crippen LogP contribution in [0.15, 0.2) is 18.3 Å². The molecule has 6 heteroatoms. The Hall–Kier alpha value is -1.66. The standard InChI is InChI=1S/C12H17N3O3/c1-12(7-18-6-9(12)13)11(16)15-8-4-3-5-14-10(8)17-2/h3-5,9H,6-7,13H2,1-2H3,(H,15,16). The highest BCUT2D eigenvalue weighted by atomic mass is 16.5. The number of nitrogens with zero attached hydrogens (tertiary/aromatic N) is 1. The van der Waals surface area contributed by atoms with Crippen LogP contribution in [0.4, 0.5) is 5.69 Å². The van der Waals surface area contributed by atoms with Gasteiger partial charge in [0.15, 0.2) is 0 Å². The molecule has 0 spiro atoms. The lowest BCUT2D eigenvalue weighted by molar-refractivity contribution is -0.125. The fourth-order valence-corrected chi connectivity index (χ4v) is 1.84. The Balaban J connectivity index is 2.16. The Morgan fingerprint density at radius 2 is 2.50 bits per heavy atom. The van der Waals surface area contributed by atoms with Gasteiger partial charge in [0, 0.05) is 12.2 Å². The molecule has 0 radical (unpaired) electrons. The van der Waals surface area contributed by atoms with Crippen LogP contribution in [0.3, 0.4) is 0 Å². The minimum absolute atomic E-state index is 0.182. The summed E-state index contributed by atoms with van der Waals surface area (Å²) in [7, 11) is 1.50. The van der Waals surface area contributed by atoms with E-state index in [9.17, 15) is 4.79 Å². The quantitative estimate of drug-likeness (QED) is 0.811. The Bertz CT molecular complexity index is 452. The highest BCUT2D eigenvalue weighted by molar-refractivity contribution is 5.96. The van der Waals surface area contributed by atoms with Gasteiger partial charge in [-0.05, 0) is 19.1 Å². The van der Waals surface area contributed by atoms with Crippen molar-refractivity contribution in [2.75, 3.05) is 25.6 Å². The molecule has 1 aliphatic heterocycles. The Kier molecular flexibility index (Phi) is 3.49. The molecule has 2 rings (SSSR count). The number of nitrogens with two attached hydrogens (primary N) is 1. The number of nitrogens with one attached hydrogen (secondary N) is 1. The number of carbonyl (C=O) groups excluding carboxylic acids is 1. The summed E-state index contributed by atoms with van der Waals surface area (Å²) >= 11 is 0. The smallest absolute Gasteiger partial charge is 0.237 e. The molecule has 1 aliphatic rings. The molecule has 1 aromatic heterocycles. The van der Waals surface area contributed by atoms with Gasteiger partial charge in [-0.15, -0.1) is 0 Å². The van der Waals surface area contributed by atoms with Crippen LogP contribution >= 0.6 is 0 Å². The molecule has 0 aliphatic carbocycles. The maximum atomic E-state index is 12.3. The summed E-state index contributed by atoms with van der Waals surface area (Å²) in [5, 5.41) is 2.79. The molecule has 18 heavy (non-hydrogen) atoms. The van der Waals surface area contributed by atoms with Gasteiger partial charge in [-0.1, -0.05) is 0 Å². The molecule has 1 aromatic rings. The van der Waals surface area contributed by atoms with E-state index in [4.69, 9.17) is 15.2 Å². The van der Waals surface area contributed by atoms with E-state index in [0.29, 0.717) is 24.8 Å². The molecule has 6 nitrogen and oxygen atoms in total. The first-order chi connectivity index (χ1) is 8.58. The first kappa shape index (κ1) is 12.8. The van der Waals surface area contributed by atoms with Gasteiger partial charge in [0.2, 0.25) is 11.8 Å². The number of pyridine rings is 1. The second-order valence-corrected chi connectivity index (χ2v) is 4.55. The van der Waals surface area contributed by atoms with Gasteiger partial charge < -0.3 is 20.5 Å². The number of anilines is 1. The number of rotatable bonds is 3. The van der Waals surface area contributed by atoms with Gasteiger partial charge in [-0.3, -0.25) is 4.79 Å². The molecule has 3 N–H and O–H groups in total. The van der Waals surface area contributed by atoms with Crippen molar-refractivity contribution in [2.45, 2.75) is 13.0 Å². The highest BCUT2D eigenvalue weighted by Crippen LogP contribution is 2.30. The fraction of sp³-hybridized carbons (Fsp3) is 0.500. The van der Waals surface area contributed by atoms with Crippen molar-refractivity contribution in [3.8, 4) is 5.88 Å². The minimum atomic E-state index is -0.721. The summed E-state index contributed by atoms with van der Waals surface area (Å²) in [4.78, 5) is 16.3. The number of ether oxygens (including phenoxy) is 2. The Morgan fingerprint density at radius 3 is 3.11 bits per heavy atom. The predicted molar refractivity (Wildman–Crippen MR) is 66.3 cm³/mol. The summed E-state index contributed by atoms with van der Waals surface area (Å²) in [5.74, 6) is 0.195.